The summed E-state index contributed by atoms with van der Waals surface area (Å²) >= 11 is 0. The Morgan fingerprint density at radius 2 is 1.63 bits per heavy atom. The molecule has 1 unspecified atom stereocenters. The highest BCUT2D eigenvalue weighted by molar-refractivity contribution is 5.45. The third-order valence-corrected chi connectivity index (χ3v) is 4.61. The largest absolute Gasteiger partial charge is 0.379 e. The van der Waals surface area contributed by atoms with Crippen LogP contribution in [0.5, 0.6) is 0 Å². The topological polar surface area (TPSA) is 12.0 Å². The number of nitrogens with one attached hydrogen (secondary N) is 1. The van der Waals surface area contributed by atoms with Crippen molar-refractivity contribution in [2.75, 3.05) is 5.32 Å². The maximum Gasteiger partial charge on any atom is 0.0396 e. The van der Waals surface area contributed by atoms with Gasteiger partial charge in [-0.3, -0.25) is 0 Å². The minimum Gasteiger partial charge on any atom is -0.379 e. The molecule has 0 heterocycles. The fraction of sp³-hybridized carbons (Fsp3) is 0.667. The van der Waals surface area contributed by atoms with Crippen LogP contribution in [-0.4, -0.2) is 5.54 Å². The smallest absolute Gasteiger partial charge is 0.0396 e. The van der Waals surface area contributed by atoms with Gasteiger partial charge in [-0.05, 0) is 37.3 Å². The van der Waals surface area contributed by atoms with Gasteiger partial charge < -0.3 is 5.32 Å². The monoisotopic (exact) mass is 261 g/mol. The Morgan fingerprint density at radius 1 is 1.00 bits per heavy atom. The molecule has 1 N–H and O–H groups in total. The van der Waals surface area contributed by atoms with Gasteiger partial charge in [0.05, 0.1) is 0 Å². The van der Waals surface area contributed by atoms with E-state index in [2.05, 4.69) is 63.3 Å². The van der Waals surface area contributed by atoms with Gasteiger partial charge in [0.15, 0.2) is 0 Å². The van der Waals surface area contributed by atoms with Gasteiger partial charge in [-0.1, -0.05) is 65.2 Å². The number of rotatable bonds is 9. The Morgan fingerprint density at radius 3 is 2.11 bits per heavy atom. The van der Waals surface area contributed by atoms with Gasteiger partial charge in [-0.15, -0.1) is 0 Å². The van der Waals surface area contributed by atoms with E-state index < -0.39 is 0 Å². The maximum absolute atomic E-state index is 3.85. The summed E-state index contributed by atoms with van der Waals surface area (Å²) in [7, 11) is 0. The summed E-state index contributed by atoms with van der Waals surface area (Å²) in [5, 5.41) is 3.85. The van der Waals surface area contributed by atoms with Crippen LogP contribution in [0.4, 0.5) is 5.69 Å². The molecule has 0 fully saturated rings. The first-order valence-electron chi connectivity index (χ1n) is 8.05. The summed E-state index contributed by atoms with van der Waals surface area (Å²) in [6, 6.07) is 10.7. The Balaban J connectivity index is 2.87. The fourth-order valence-electron chi connectivity index (χ4n) is 3.24. The van der Waals surface area contributed by atoms with Crippen LogP contribution >= 0.6 is 0 Å². The lowest BCUT2D eigenvalue weighted by Gasteiger charge is -2.41. The fourth-order valence-corrected chi connectivity index (χ4v) is 3.24. The van der Waals surface area contributed by atoms with Crippen LogP contribution in [0, 0.1) is 5.92 Å². The van der Waals surface area contributed by atoms with Crippen molar-refractivity contribution in [2.45, 2.75) is 71.8 Å². The first-order valence-corrected chi connectivity index (χ1v) is 8.05. The van der Waals surface area contributed by atoms with Crippen molar-refractivity contribution < 1.29 is 0 Å². The number of unbranched alkanes of at least 4 members (excludes halogenated alkanes) is 1. The normalized spacial score (nSPS) is 13.3. The molecule has 1 rings (SSSR count). The standard InChI is InChI=1S/C18H31N/c1-5-9-13-16(6-2)18(7-3,8-4)19-17-14-11-10-12-15-17/h10-12,14-16,19H,5-9,13H2,1-4H3. The van der Waals surface area contributed by atoms with Crippen LogP contribution in [0.25, 0.3) is 0 Å². The summed E-state index contributed by atoms with van der Waals surface area (Å²) in [4.78, 5) is 0. The van der Waals surface area contributed by atoms with Crippen molar-refractivity contribution in [3.63, 3.8) is 0 Å². The second-order valence-corrected chi connectivity index (χ2v) is 5.60. The zero-order chi connectivity index (χ0) is 14.1. The molecule has 0 saturated heterocycles. The highest BCUT2D eigenvalue weighted by Gasteiger charge is 2.33. The summed E-state index contributed by atoms with van der Waals surface area (Å²) in [6.07, 6.45) is 7.64. The average Bonchev–Trinajstić information content (AvgIpc) is 2.47. The second kappa shape index (κ2) is 8.24. The SMILES string of the molecule is CCCCC(CC)C(CC)(CC)Nc1ccccc1. The molecule has 1 aromatic carbocycles. The number of para-hydroxylation sites is 1. The van der Waals surface area contributed by atoms with Crippen LogP contribution in [0.15, 0.2) is 30.3 Å². The molecular formula is C18H31N. The molecule has 0 radical (unpaired) electrons. The zero-order valence-corrected chi connectivity index (χ0v) is 13.2. The Labute approximate surface area is 119 Å². The van der Waals surface area contributed by atoms with E-state index in [9.17, 15) is 0 Å². The van der Waals surface area contributed by atoms with E-state index in [1.165, 1.54) is 44.2 Å². The highest BCUT2D eigenvalue weighted by Crippen LogP contribution is 2.35. The van der Waals surface area contributed by atoms with Gasteiger partial charge in [-0.25, -0.2) is 0 Å². The van der Waals surface area contributed by atoms with Crippen molar-refractivity contribution in [1.29, 1.82) is 0 Å². The van der Waals surface area contributed by atoms with Crippen LogP contribution in [-0.2, 0) is 0 Å². The number of anilines is 1. The molecule has 0 aliphatic heterocycles. The first-order chi connectivity index (χ1) is 9.22. The lowest BCUT2D eigenvalue weighted by Crippen LogP contribution is -2.44. The van der Waals surface area contributed by atoms with Crippen LogP contribution in [0.2, 0.25) is 0 Å². The molecule has 0 aliphatic carbocycles. The molecule has 0 bridgehead atoms. The van der Waals surface area contributed by atoms with E-state index in [0.717, 1.165) is 5.92 Å². The summed E-state index contributed by atoms with van der Waals surface area (Å²) in [5.41, 5.74) is 1.52. The predicted molar refractivity (Wildman–Crippen MR) is 86.7 cm³/mol. The summed E-state index contributed by atoms with van der Waals surface area (Å²) in [6.45, 7) is 9.28. The van der Waals surface area contributed by atoms with E-state index in [1.54, 1.807) is 0 Å². The molecule has 19 heavy (non-hydrogen) atoms. The van der Waals surface area contributed by atoms with E-state index in [4.69, 9.17) is 0 Å². The molecule has 0 aromatic heterocycles. The molecule has 1 atom stereocenters. The van der Waals surface area contributed by atoms with Crippen LogP contribution < -0.4 is 5.32 Å². The van der Waals surface area contributed by atoms with Crippen LogP contribution in [0.3, 0.4) is 0 Å². The first kappa shape index (κ1) is 16.1. The molecule has 0 spiro atoms. The van der Waals surface area contributed by atoms with E-state index >= 15 is 0 Å². The Bertz CT molecular complexity index is 327. The number of hydrogen-bond donors (Lipinski definition) is 1. The van der Waals surface area contributed by atoms with Crippen LogP contribution in [0.1, 0.15) is 66.2 Å². The molecule has 1 nitrogen and oxygen atoms in total. The average molecular weight is 261 g/mol. The van der Waals surface area contributed by atoms with E-state index in [-0.39, 0.29) is 5.54 Å². The van der Waals surface area contributed by atoms with Gasteiger partial charge in [0.1, 0.15) is 0 Å². The maximum atomic E-state index is 3.85. The lowest BCUT2D eigenvalue weighted by atomic mass is 9.75. The molecule has 1 heteroatoms. The van der Waals surface area contributed by atoms with E-state index in [0.29, 0.717) is 0 Å². The van der Waals surface area contributed by atoms with Gasteiger partial charge in [0, 0.05) is 11.2 Å². The molecule has 108 valence electrons. The molecule has 1 aromatic rings. The summed E-state index contributed by atoms with van der Waals surface area (Å²) in [5.74, 6) is 0.766. The molecule has 0 amide bonds. The lowest BCUT2D eigenvalue weighted by molar-refractivity contribution is 0.250. The van der Waals surface area contributed by atoms with Crippen molar-refractivity contribution in [1.82, 2.24) is 0 Å². The number of benzene rings is 1. The van der Waals surface area contributed by atoms with Crippen molar-refractivity contribution >= 4 is 5.69 Å². The minimum absolute atomic E-state index is 0.255. The van der Waals surface area contributed by atoms with Gasteiger partial charge in [0.25, 0.3) is 0 Å². The quantitative estimate of drug-likeness (QED) is 0.586. The molecule has 0 aliphatic rings. The Kier molecular flexibility index (Phi) is 6.97. The van der Waals surface area contributed by atoms with Gasteiger partial charge in [-0.2, -0.15) is 0 Å². The van der Waals surface area contributed by atoms with Crippen molar-refractivity contribution in [3.8, 4) is 0 Å². The minimum atomic E-state index is 0.255. The third-order valence-electron chi connectivity index (χ3n) is 4.61. The zero-order valence-electron chi connectivity index (χ0n) is 13.2. The van der Waals surface area contributed by atoms with E-state index in [1.807, 2.05) is 0 Å². The number of hydrogen-bond acceptors (Lipinski definition) is 1. The predicted octanol–water partition coefficient (Wildman–Crippen LogP) is 5.87. The summed E-state index contributed by atoms with van der Waals surface area (Å²) < 4.78 is 0. The molecular weight excluding hydrogens is 230 g/mol. The molecule has 0 saturated carbocycles. The highest BCUT2D eigenvalue weighted by atomic mass is 15.0. The van der Waals surface area contributed by atoms with Gasteiger partial charge >= 0.3 is 0 Å². The Hall–Kier alpha value is -0.980. The van der Waals surface area contributed by atoms with Crippen molar-refractivity contribution in [2.24, 2.45) is 5.92 Å². The second-order valence-electron chi connectivity index (χ2n) is 5.60. The van der Waals surface area contributed by atoms with Crippen molar-refractivity contribution in [3.05, 3.63) is 30.3 Å². The van der Waals surface area contributed by atoms with Gasteiger partial charge in [0.2, 0.25) is 0 Å². The third kappa shape index (κ3) is 4.26.